The number of likely N-dealkylation sites (N-methyl/N-ethyl adjacent to an activating group) is 1. The van der Waals surface area contributed by atoms with Crippen molar-refractivity contribution in [3.63, 3.8) is 0 Å². The van der Waals surface area contributed by atoms with E-state index in [1.807, 2.05) is 13.8 Å². The van der Waals surface area contributed by atoms with Crippen LogP contribution in [0.15, 0.2) is 6.33 Å². The topological polar surface area (TPSA) is 54.2 Å². The number of rotatable bonds is 6. The van der Waals surface area contributed by atoms with E-state index in [-0.39, 0.29) is 6.54 Å². The van der Waals surface area contributed by atoms with Crippen LogP contribution in [0.1, 0.15) is 19.7 Å². The van der Waals surface area contributed by atoms with Gasteiger partial charge in [0, 0.05) is 13.1 Å². The smallest absolute Gasteiger partial charge is 0.382 e. The molecule has 1 aromatic heterocycles. The van der Waals surface area contributed by atoms with E-state index in [2.05, 4.69) is 10.1 Å². The van der Waals surface area contributed by atoms with Crippen molar-refractivity contribution in [2.24, 2.45) is 5.92 Å². The van der Waals surface area contributed by atoms with Gasteiger partial charge in [-0.2, -0.15) is 18.3 Å². The van der Waals surface area contributed by atoms with Gasteiger partial charge in [0.15, 0.2) is 6.10 Å². The molecule has 19 heavy (non-hydrogen) atoms. The summed E-state index contributed by atoms with van der Waals surface area (Å²) in [5.41, 5.74) is 0. The van der Waals surface area contributed by atoms with Gasteiger partial charge in [0.25, 0.3) is 0 Å². The summed E-state index contributed by atoms with van der Waals surface area (Å²) in [5, 5.41) is 13.0. The fourth-order valence-electron chi connectivity index (χ4n) is 1.61. The molecule has 1 atom stereocenters. The maximum atomic E-state index is 12.2. The van der Waals surface area contributed by atoms with Gasteiger partial charge in [-0.05, 0) is 13.0 Å². The quantitative estimate of drug-likeness (QED) is 0.853. The van der Waals surface area contributed by atoms with Crippen molar-refractivity contribution in [2.75, 3.05) is 13.6 Å². The number of hydrogen-bond donors (Lipinski definition) is 1. The van der Waals surface area contributed by atoms with Gasteiger partial charge in [0.05, 0.1) is 6.54 Å². The second kappa shape index (κ2) is 6.33. The van der Waals surface area contributed by atoms with Gasteiger partial charge in [-0.25, -0.2) is 9.67 Å². The molecule has 0 saturated carbocycles. The van der Waals surface area contributed by atoms with Crippen molar-refractivity contribution < 1.29 is 18.3 Å². The lowest BCUT2D eigenvalue weighted by Crippen LogP contribution is -2.39. The van der Waals surface area contributed by atoms with Gasteiger partial charge in [-0.3, -0.25) is 4.90 Å². The highest BCUT2D eigenvalue weighted by atomic mass is 19.4. The lowest BCUT2D eigenvalue weighted by Gasteiger charge is -2.22. The average Bonchev–Trinajstić information content (AvgIpc) is 2.63. The first-order valence-electron chi connectivity index (χ1n) is 6.00. The molecule has 8 heteroatoms. The Kier molecular flexibility index (Phi) is 5.30. The van der Waals surface area contributed by atoms with Crippen molar-refractivity contribution in [3.05, 3.63) is 12.2 Å². The molecule has 0 fully saturated rings. The SMILES string of the molecule is CC(C)Cn1ncnc1CN(C)CC(O)C(F)(F)F. The molecule has 5 nitrogen and oxygen atoms in total. The van der Waals surface area contributed by atoms with Gasteiger partial charge in [-0.15, -0.1) is 0 Å². The van der Waals surface area contributed by atoms with E-state index in [0.717, 1.165) is 0 Å². The molecule has 0 aliphatic heterocycles. The summed E-state index contributed by atoms with van der Waals surface area (Å²) < 4.78 is 38.4. The maximum absolute atomic E-state index is 12.2. The highest BCUT2D eigenvalue weighted by molar-refractivity contribution is 4.85. The Morgan fingerprint density at radius 1 is 1.42 bits per heavy atom. The fraction of sp³-hybridized carbons (Fsp3) is 0.818. The molecular weight excluding hydrogens is 261 g/mol. The van der Waals surface area contributed by atoms with Crippen molar-refractivity contribution >= 4 is 0 Å². The first-order valence-corrected chi connectivity index (χ1v) is 6.00. The molecule has 0 radical (unpaired) electrons. The first kappa shape index (κ1) is 15.9. The van der Waals surface area contributed by atoms with Crippen molar-refractivity contribution in [3.8, 4) is 0 Å². The molecule has 1 unspecified atom stereocenters. The molecule has 0 amide bonds. The summed E-state index contributed by atoms with van der Waals surface area (Å²) >= 11 is 0. The van der Waals surface area contributed by atoms with Crippen molar-refractivity contribution in [1.29, 1.82) is 0 Å². The zero-order chi connectivity index (χ0) is 14.6. The normalized spacial score (nSPS) is 14.4. The third kappa shape index (κ3) is 5.15. The summed E-state index contributed by atoms with van der Waals surface area (Å²) in [6.45, 7) is 4.41. The third-order valence-electron chi connectivity index (χ3n) is 2.51. The molecule has 0 spiro atoms. The van der Waals surface area contributed by atoms with Gasteiger partial charge >= 0.3 is 6.18 Å². The second-order valence-electron chi connectivity index (χ2n) is 5.01. The predicted molar refractivity (Wildman–Crippen MR) is 63.3 cm³/mol. The number of halogens is 3. The van der Waals surface area contributed by atoms with Crippen LogP contribution in [0.25, 0.3) is 0 Å². The Hall–Kier alpha value is -1.15. The standard InChI is InChI=1S/C11H19F3N4O/c1-8(2)4-18-10(15-7-16-18)6-17(3)5-9(19)11(12,13)14/h7-9,19H,4-6H2,1-3H3. The molecule has 1 aromatic rings. The Bertz CT molecular complexity index is 392. The van der Waals surface area contributed by atoms with Gasteiger partial charge in [0.2, 0.25) is 0 Å². The molecule has 0 saturated heterocycles. The number of aliphatic hydroxyl groups is 1. The van der Waals surface area contributed by atoms with E-state index in [4.69, 9.17) is 5.11 Å². The highest BCUT2D eigenvalue weighted by Crippen LogP contribution is 2.20. The van der Waals surface area contributed by atoms with Crippen LogP contribution < -0.4 is 0 Å². The lowest BCUT2D eigenvalue weighted by atomic mass is 10.2. The van der Waals surface area contributed by atoms with Gasteiger partial charge < -0.3 is 5.11 Å². The van der Waals surface area contributed by atoms with Crippen LogP contribution in [0, 0.1) is 5.92 Å². The highest BCUT2D eigenvalue weighted by Gasteiger charge is 2.38. The predicted octanol–water partition coefficient (Wildman–Crippen LogP) is 1.29. The number of nitrogens with zero attached hydrogens (tertiary/aromatic N) is 4. The molecular formula is C11H19F3N4O. The lowest BCUT2D eigenvalue weighted by molar-refractivity contribution is -0.207. The number of aliphatic hydroxyl groups excluding tert-OH is 1. The molecule has 0 bridgehead atoms. The van der Waals surface area contributed by atoms with Crippen molar-refractivity contribution in [1.82, 2.24) is 19.7 Å². The molecule has 1 N–H and O–H groups in total. The zero-order valence-electron chi connectivity index (χ0n) is 11.2. The zero-order valence-corrected chi connectivity index (χ0v) is 11.2. The summed E-state index contributed by atoms with van der Waals surface area (Å²) in [5.74, 6) is 0.956. The third-order valence-corrected chi connectivity index (χ3v) is 2.51. The molecule has 110 valence electrons. The van der Waals surface area contributed by atoms with Crippen LogP contribution >= 0.6 is 0 Å². The first-order chi connectivity index (χ1) is 8.70. The minimum Gasteiger partial charge on any atom is -0.382 e. The van der Waals surface area contributed by atoms with E-state index in [1.54, 1.807) is 4.68 Å². The Morgan fingerprint density at radius 3 is 2.58 bits per heavy atom. The minimum absolute atomic E-state index is 0.208. The molecule has 1 heterocycles. The molecule has 0 aliphatic carbocycles. The van der Waals surface area contributed by atoms with Crippen molar-refractivity contribution in [2.45, 2.75) is 39.2 Å². The molecule has 1 rings (SSSR count). The van der Waals surface area contributed by atoms with Crippen LogP contribution in [0.5, 0.6) is 0 Å². The summed E-state index contributed by atoms with van der Waals surface area (Å²) in [6.07, 6.45) is -5.56. The Balaban J connectivity index is 2.57. The summed E-state index contributed by atoms with van der Waals surface area (Å²) in [4.78, 5) is 5.40. The van der Waals surface area contributed by atoms with Crippen LogP contribution in [-0.2, 0) is 13.1 Å². The monoisotopic (exact) mass is 280 g/mol. The summed E-state index contributed by atoms with van der Waals surface area (Å²) in [7, 11) is 1.50. The van der Waals surface area contributed by atoms with Crippen LogP contribution in [0.2, 0.25) is 0 Å². The average molecular weight is 280 g/mol. The van der Waals surface area contributed by atoms with E-state index < -0.39 is 18.8 Å². The van der Waals surface area contributed by atoms with Crippen LogP contribution in [0.3, 0.4) is 0 Å². The van der Waals surface area contributed by atoms with E-state index in [1.165, 1.54) is 18.3 Å². The van der Waals surface area contributed by atoms with Gasteiger partial charge in [-0.1, -0.05) is 13.8 Å². The molecule has 0 aliphatic rings. The largest absolute Gasteiger partial charge is 0.415 e. The minimum atomic E-state index is -4.60. The van der Waals surface area contributed by atoms with E-state index >= 15 is 0 Å². The number of aromatic nitrogens is 3. The van der Waals surface area contributed by atoms with E-state index in [9.17, 15) is 13.2 Å². The van der Waals surface area contributed by atoms with Gasteiger partial charge in [0.1, 0.15) is 12.2 Å². The van der Waals surface area contributed by atoms with Crippen LogP contribution in [0.4, 0.5) is 13.2 Å². The number of alkyl halides is 3. The number of hydrogen-bond acceptors (Lipinski definition) is 4. The fourth-order valence-corrected chi connectivity index (χ4v) is 1.61. The van der Waals surface area contributed by atoms with E-state index in [0.29, 0.717) is 18.3 Å². The Labute approximate surface area is 110 Å². The molecule has 0 aromatic carbocycles. The summed E-state index contributed by atoms with van der Waals surface area (Å²) in [6, 6.07) is 0. The Morgan fingerprint density at radius 2 is 2.05 bits per heavy atom. The second-order valence-corrected chi connectivity index (χ2v) is 5.01. The van der Waals surface area contributed by atoms with Crippen LogP contribution in [-0.4, -0.2) is 50.6 Å². The maximum Gasteiger partial charge on any atom is 0.415 e.